The maximum absolute atomic E-state index is 13.3. The van der Waals surface area contributed by atoms with Gasteiger partial charge in [0, 0.05) is 64.7 Å². The van der Waals surface area contributed by atoms with Gasteiger partial charge in [0.05, 0.1) is 117 Å². The first kappa shape index (κ1) is 112. The lowest BCUT2D eigenvalue weighted by molar-refractivity contribution is -0.135. The molecule has 4 aliphatic heterocycles. The van der Waals surface area contributed by atoms with Crippen LogP contribution in [0, 0.1) is 11.8 Å². The topological polar surface area (TPSA) is 581 Å². The van der Waals surface area contributed by atoms with Crippen LogP contribution in [0.3, 0.4) is 0 Å². The molecule has 0 saturated carbocycles. The van der Waals surface area contributed by atoms with E-state index >= 15 is 0 Å². The van der Waals surface area contributed by atoms with Gasteiger partial charge in [-0.25, -0.2) is 89.3 Å². The summed E-state index contributed by atoms with van der Waals surface area (Å²) in [4.78, 5) is 49.7. The highest BCUT2D eigenvalue weighted by Crippen LogP contribution is 2.41. The van der Waals surface area contributed by atoms with E-state index in [4.69, 9.17) is 77.7 Å². The van der Waals surface area contributed by atoms with Crippen molar-refractivity contribution in [2.24, 2.45) is 11.8 Å². The molecular formula is C91H114N4O36S8. The summed E-state index contributed by atoms with van der Waals surface area (Å²) >= 11 is 0. The zero-order valence-electron chi connectivity index (χ0n) is 76.8. The second-order valence-electron chi connectivity index (χ2n) is 32.6. The minimum Gasteiger partial charge on any atom is -0.497 e. The number of nitrogens with one attached hydrogen (secondary N) is 4. The quantitative estimate of drug-likeness (QED) is 0.0102. The molecule has 139 heavy (non-hydrogen) atoms. The number of hydroxylamine groups is 4. The summed E-state index contributed by atoms with van der Waals surface area (Å²) < 4.78 is 263. The van der Waals surface area contributed by atoms with Crippen molar-refractivity contribution in [1.29, 1.82) is 0 Å². The van der Waals surface area contributed by atoms with E-state index in [1.807, 2.05) is 0 Å². The third kappa shape index (κ3) is 27.4. The first-order chi connectivity index (χ1) is 65.9. The summed E-state index contributed by atoms with van der Waals surface area (Å²) in [5.74, 6) is -1.32. The second-order valence-corrected chi connectivity index (χ2v) is 49.9. The van der Waals surface area contributed by atoms with Crippen molar-refractivity contribution < 1.29 is 164 Å². The van der Waals surface area contributed by atoms with Crippen molar-refractivity contribution in [3.05, 3.63) is 194 Å². The van der Waals surface area contributed by atoms with Crippen molar-refractivity contribution >= 4 is 102 Å². The molecule has 8 aromatic rings. The van der Waals surface area contributed by atoms with Crippen molar-refractivity contribution in [3.8, 4) is 46.0 Å². The van der Waals surface area contributed by atoms with Crippen molar-refractivity contribution in [2.45, 2.75) is 143 Å². The third-order valence-electron chi connectivity index (χ3n) is 23.5. The average Bonchev–Trinajstić information content (AvgIpc) is 0.758. The van der Waals surface area contributed by atoms with Crippen LogP contribution < -0.4 is 59.8 Å². The van der Waals surface area contributed by atoms with Crippen LogP contribution >= 0.6 is 0 Å². The molecule has 762 valence electrons. The number of amides is 4. The van der Waals surface area contributed by atoms with Crippen molar-refractivity contribution in [3.63, 3.8) is 0 Å². The summed E-state index contributed by atoms with van der Waals surface area (Å²) in [6, 6.07) is 46.9. The molecule has 48 heteroatoms. The number of sulfone groups is 8. The predicted molar refractivity (Wildman–Crippen MR) is 500 cm³/mol. The predicted octanol–water partition coefficient (Wildman–Crippen LogP) is 7.95. The molecule has 0 radical (unpaired) electrons. The van der Waals surface area contributed by atoms with Gasteiger partial charge in [0.25, 0.3) is 23.6 Å². The molecular weight excluding hydrogens is 1980 g/mol. The van der Waals surface area contributed by atoms with Gasteiger partial charge in [-0.1, -0.05) is 13.8 Å². The van der Waals surface area contributed by atoms with Gasteiger partial charge in [-0.3, -0.25) is 40.0 Å². The number of methoxy groups -OCH3 is 4. The molecule has 40 nitrogen and oxygen atoms in total. The van der Waals surface area contributed by atoms with E-state index in [2.05, 4.69) is 0 Å². The molecule has 4 fully saturated rings. The standard InChI is InChI=1S/3C23H29NO9S2.C22H27NO9S2/c2*1-17(16-34(27,28)20-7-3-18(31-2)4-8-20)15-33-19-5-9-21(10-6-19)35(29,30)23(22(25)24-26)11-13-32-14-12-23;1-31-18-4-8-20(9-5-18)34(27,28)17-3-2-14-33-19-6-10-21(11-7-19)35(29,30)23(22(25)24-26)12-15-32-16-13-23;1-30-17-3-7-19(8-4-17)33(26,27)16-2-13-32-18-5-9-20(10-6-18)34(28,29)22(21(24)23-25)11-14-31-15-12-22/h2*3-10,17,26H,11-16H2,1-2H3,(H,24,25);4-11,26H,2-3,12-17H2,1H3,(H,24,25);3-10,25H,2,11-16H2,1H3,(H,23,24)/t2*17-;;/m10../s1. The maximum Gasteiger partial charge on any atom is 0.265 e. The summed E-state index contributed by atoms with van der Waals surface area (Å²) in [5.41, 5.74) is 5.91. The Morgan fingerprint density at radius 1 is 0.273 bits per heavy atom. The number of carbonyl (C=O) groups excluding carboxylic acids is 4. The zero-order valence-corrected chi connectivity index (χ0v) is 83.4. The molecule has 0 unspecified atom stereocenters. The van der Waals surface area contributed by atoms with Crippen LogP contribution in [0.25, 0.3) is 0 Å². The van der Waals surface area contributed by atoms with Crippen LogP contribution in [0.1, 0.15) is 84.5 Å². The molecule has 2 atom stereocenters. The minimum atomic E-state index is -4.14. The lowest BCUT2D eigenvalue weighted by Gasteiger charge is -2.34. The number of hydrogen-bond acceptors (Lipinski definition) is 36. The Hall–Kier alpha value is -10.7. The van der Waals surface area contributed by atoms with Crippen LogP contribution in [0.5, 0.6) is 46.0 Å². The van der Waals surface area contributed by atoms with Crippen LogP contribution in [0.4, 0.5) is 0 Å². The number of benzene rings is 8. The van der Waals surface area contributed by atoms with Gasteiger partial charge in [-0.15, -0.1) is 0 Å². The molecule has 4 saturated heterocycles. The maximum atomic E-state index is 13.3. The third-order valence-corrected chi connectivity index (χ3v) is 41.2. The van der Waals surface area contributed by atoms with E-state index in [9.17, 15) is 86.5 Å². The van der Waals surface area contributed by atoms with E-state index in [0.29, 0.717) is 58.8 Å². The van der Waals surface area contributed by atoms with Crippen LogP contribution in [0.2, 0.25) is 0 Å². The SMILES string of the molecule is COc1ccc(S(=O)(=O)CCCCOc2ccc(S(=O)(=O)C3(C(=O)NO)CCOCC3)cc2)cc1.COc1ccc(S(=O)(=O)CCCOc2ccc(S(=O)(=O)C3(C(=O)NO)CCOCC3)cc2)cc1.COc1ccc(S(=O)(=O)C[C@@H](C)COc2ccc(S(=O)(=O)C3(C(=O)NO)CCOCC3)cc2)cc1.COc1ccc(S(=O)(=O)C[C@H](C)COc2ccc(S(=O)(=O)C3(C(=O)NO)CCOCC3)cc2)cc1. The fraction of sp³-hybridized carbons (Fsp3) is 0.429. The average molecular weight is 2100 g/mol. The summed E-state index contributed by atoms with van der Waals surface area (Å²) in [7, 11) is -24.5. The fourth-order valence-electron chi connectivity index (χ4n) is 15.4. The highest BCUT2D eigenvalue weighted by atomic mass is 32.2. The molecule has 0 bridgehead atoms. The summed E-state index contributed by atoms with van der Waals surface area (Å²) in [5, 5.41) is 36.5. The lowest BCUT2D eigenvalue weighted by Crippen LogP contribution is -2.54. The molecule has 8 N–H and O–H groups in total. The van der Waals surface area contributed by atoms with Gasteiger partial charge in [-0.2, -0.15) is 0 Å². The molecule has 4 aliphatic rings. The summed E-state index contributed by atoms with van der Waals surface area (Å²) in [6.07, 6.45) is 0.468. The van der Waals surface area contributed by atoms with Crippen LogP contribution in [0.15, 0.2) is 233 Å². The van der Waals surface area contributed by atoms with Crippen molar-refractivity contribution in [2.75, 3.05) is 131 Å². The Kier molecular flexibility index (Phi) is 40.0. The van der Waals surface area contributed by atoms with Gasteiger partial charge in [0.1, 0.15) is 46.0 Å². The van der Waals surface area contributed by atoms with Gasteiger partial charge in [-0.05, 0) is 265 Å². The number of unbranched alkanes of at least 4 members (excludes halogenated alkanes) is 1. The minimum absolute atomic E-state index is 0.0292. The monoisotopic (exact) mass is 2090 g/mol. The Labute approximate surface area is 808 Å². The Bertz CT molecular complexity index is 6190. The van der Waals surface area contributed by atoms with Gasteiger partial charge >= 0.3 is 0 Å². The highest BCUT2D eigenvalue weighted by molar-refractivity contribution is 7.95. The molecule has 12 rings (SSSR count). The van der Waals surface area contributed by atoms with Crippen LogP contribution in [-0.4, -0.2) is 262 Å². The Balaban J connectivity index is 0.000000207. The van der Waals surface area contributed by atoms with E-state index in [1.54, 1.807) is 62.4 Å². The first-order valence-corrected chi connectivity index (χ1v) is 55.9. The molecule has 0 aromatic heterocycles. The highest BCUT2D eigenvalue weighted by Gasteiger charge is 2.56. The fourth-order valence-corrected chi connectivity index (χ4v) is 28.9. The molecule has 0 aliphatic carbocycles. The zero-order chi connectivity index (χ0) is 102. The number of carbonyl (C=O) groups is 4. The normalized spacial score (nSPS) is 16.3. The Morgan fingerprint density at radius 3 is 0.676 bits per heavy atom. The second kappa shape index (κ2) is 49.6. The van der Waals surface area contributed by atoms with E-state index < -0.39 is 121 Å². The molecule has 4 amide bonds. The summed E-state index contributed by atoms with van der Waals surface area (Å²) in [6.45, 7) is 4.64. The molecule has 0 spiro atoms. The van der Waals surface area contributed by atoms with Gasteiger partial charge in [0.2, 0.25) is 0 Å². The number of ether oxygens (including phenoxy) is 12. The van der Waals surface area contributed by atoms with E-state index in [1.165, 1.54) is 196 Å². The Morgan fingerprint density at radius 2 is 0.460 bits per heavy atom. The number of rotatable bonds is 41. The molecule has 4 heterocycles. The van der Waals surface area contributed by atoms with Crippen LogP contribution in [-0.2, 0) is 117 Å². The van der Waals surface area contributed by atoms with Gasteiger partial charge in [0.15, 0.2) is 97.7 Å². The van der Waals surface area contributed by atoms with Gasteiger partial charge < -0.3 is 56.8 Å². The van der Waals surface area contributed by atoms with Crippen molar-refractivity contribution in [1.82, 2.24) is 21.9 Å². The number of hydrogen-bond donors (Lipinski definition) is 8. The lowest BCUT2D eigenvalue weighted by atomic mass is 9.98. The van der Waals surface area contributed by atoms with E-state index in [0.717, 1.165) is 0 Å². The molecule has 8 aromatic carbocycles. The van der Waals surface area contributed by atoms with E-state index in [-0.39, 0.29) is 211 Å². The largest absolute Gasteiger partial charge is 0.497 e. The first-order valence-electron chi connectivity index (χ1n) is 43.4. The smallest absolute Gasteiger partial charge is 0.265 e.